The molecule has 0 spiro atoms. The fourth-order valence-electron chi connectivity index (χ4n) is 2.82. The van der Waals surface area contributed by atoms with Crippen molar-refractivity contribution in [3.8, 4) is 0 Å². The van der Waals surface area contributed by atoms with Gasteiger partial charge in [-0.2, -0.15) is 0 Å². The van der Waals surface area contributed by atoms with Gasteiger partial charge in [0.2, 0.25) is 0 Å². The summed E-state index contributed by atoms with van der Waals surface area (Å²) >= 11 is 1.82. The molecule has 1 saturated heterocycles. The van der Waals surface area contributed by atoms with Crippen molar-refractivity contribution in [3.63, 3.8) is 0 Å². The average molecular weight is 351 g/mol. The van der Waals surface area contributed by atoms with Gasteiger partial charge in [-0.25, -0.2) is 4.79 Å². The summed E-state index contributed by atoms with van der Waals surface area (Å²) < 4.78 is 5.73. The lowest BCUT2D eigenvalue weighted by Crippen LogP contribution is -2.50. The van der Waals surface area contributed by atoms with Gasteiger partial charge in [-0.15, -0.1) is 11.8 Å². The minimum Gasteiger partial charge on any atom is -0.377 e. The van der Waals surface area contributed by atoms with Crippen molar-refractivity contribution in [3.05, 3.63) is 24.3 Å². The highest BCUT2D eigenvalue weighted by molar-refractivity contribution is 8.00. The van der Waals surface area contributed by atoms with Crippen LogP contribution in [0.25, 0.3) is 0 Å². The predicted molar refractivity (Wildman–Crippen MR) is 102 cm³/mol. The Morgan fingerprint density at radius 2 is 2.00 bits per heavy atom. The lowest BCUT2D eigenvalue weighted by atomic mass is 10.0. The number of rotatable bonds is 4. The van der Waals surface area contributed by atoms with Crippen LogP contribution in [0.2, 0.25) is 0 Å². The van der Waals surface area contributed by atoms with Crippen LogP contribution in [0.1, 0.15) is 41.0 Å². The zero-order chi connectivity index (χ0) is 17.7. The smallest absolute Gasteiger partial charge is 0.322 e. The molecule has 24 heavy (non-hydrogen) atoms. The second-order valence-corrected chi connectivity index (χ2v) is 9.62. The summed E-state index contributed by atoms with van der Waals surface area (Å²) in [5.74, 6) is 0.542. The SMILES string of the molecule is CC(C)CC1COCCN1C(=O)Nc1ccc(SC(C)(C)C)cc1. The third-order valence-electron chi connectivity index (χ3n) is 3.76. The number of nitrogens with zero attached hydrogens (tertiary/aromatic N) is 1. The van der Waals surface area contributed by atoms with Gasteiger partial charge >= 0.3 is 6.03 Å². The van der Waals surface area contributed by atoms with E-state index in [4.69, 9.17) is 4.74 Å². The Kier molecular flexibility index (Phi) is 6.58. The first kappa shape index (κ1) is 19.1. The lowest BCUT2D eigenvalue weighted by Gasteiger charge is -2.36. The number of carbonyl (C=O) groups excluding carboxylic acids is 1. The van der Waals surface area contributed by atoms with Gasteiger partial charge in [0.1, 0.15) is 0 Å². The molecule has 1 aromatic rings. The van der Waals surface area contributed by atoms with Gasteiger partial charge in [-0.1, -0.05) is 34.6 Å². The molecule has 0 aromatic heterocycles. The molecule has 2 rings (SSSR count). The predicted octanol–water partition coefficient (Wildman–Crippen LogP) is 4.86. The van der Waals surface area contributed by atoms with Crippen LogP contribution in [0.5, 0.6) is 0 Å². The molecule has 1 aromatic carbocycles. The van der Waals surface area contributed by atoms with E-state index in [-0.39, 0.29) is 16.8 Å². The Morgan fingerprint density at radius 1 is 1.33 bits per heavy atom. The standard InChI is InChI=1S/C19H30N2O2S/c1-14(2)12-16-13-23-11-10-21(16)18(22)20-15-6-8-17(9-7-15)24-19(3,4)5/h6-9,14,16H,10-13H2,1-5H3,(H,20,22). The van der Waals surface area contributed by atoms with Gasteiger partial charge in [0.15, 0.2) is 0 Å². The second kappa shape index (κ2) is 8.26. The van der Waals surface area contributed by atoms with Crippen LogP contribution in [0.4, 0.5) is 10.5 Å². The van der Waals surface area contributed by atoms with Crippen LogP contribution in [0.3, 0.4) is 0 Å². The summed E-state index contributed by atoms with van der Waals surface area (Å²) in [6.07, 6.45) is 0.967. The minimum absolute atomic E-state index is 0.0276. The summed E-state index contributed by atoms with van der Waals surface area (Å²) in [6, 6.07) is 8.22. The number of urea groups is 1. The van der Waals surface area contributed by atoms with Gasteiger partial charge in [0.25, 0.3) is 0 Å². The maximum absolute atomic E-state index is 12.6. The van der Waals surface area contributed by atoms with Crippen molar-refractivity contribution in [1.29, 1.82) is 0 Å². The molecule has 1 atom stereocenters. The van der Waals surface area contributed by atoms with E-state index in [1.54, 1.807) is 0 Å². The van der Waals surface area contributed by atoms with Gasteiger partial charge in [-0.3, -0.25) is 0 Å². The molecule has 1 unspecified atom stereocenters. The minimum atomic E-state index is -0.0276. The molecule has 5 heteroatoms. The third-order valence-corrected chi connectivity index (χ3v) is 4.88. The third kappa shape index (κ3) is 6.02. The van der Waals surface area contributed by atoms with Crippen LogP contribution in [-0.2, 0) is 4.74 Å². The van der Waals surface area contributed by atoms with E-state index in [0.717, 1.165) is 12.1 Å². The number of morpholine rings is 1. The number of ether oxygens (including phenoxy) is 1. The number of thioether (sulfide) groups is 1. The van der Waals surface area contributed by atoms with E-state index in [0.29, 0.717) is 25.7 Å². The summed E-state index contributed by atoms with van der Waals surface area (Å²) in [4.78, 5) is 15.8. The molecule has 134 valence electrons. The maximum Gasteiger partial charge on any atom is 0.322 e. The number of benzene rings is 1. The molecular weight excluding hydrogens is 320 g/mol. The van der Waals surface area contributed by atoms with Gasteiger partial charge in [0.05, 0.1) is 19.3 Å². The van der Waals surface area contributed by atoms with Crippen molar-refractivity contribution in [1.82, 2.24) is 4.90 Å². The molecule has 0 aliphatic carbocycles. The van der Waals surface area contributed by atoms with Crippen LogP contribution in [0.15, 0.2) is 29.2 Å². The average Bonchev–Trinajstić information content (AvgIpc) is 2.47. The Bertz CT molecular complexity index is 537. The van der Waals surface area contributed by atoms with E-state index < -0.39 is 0 Å². The highest BCUT2D eigenvalue weighted by atomic mass is 32.2. The van der Waals surface area contributed by atoms with Crippen molar-refractivity contribution in [2.24, 2.45) is 5.92 Å². The first-order valence-corrected chi connectivity index (χ1v) is 9.51. The molecule has 1 aliphatic heterocycles. The number of hydrogen-bond donors (Lipinski definition) is 1. The fourth-order valence-corrected chi connectivity index (χ4v) is 3.80. The van der Waals surface area contributed by atoms with E-state index in [2.05, 4.69) is 52.1 Å². The van der Waals surface area contributed by atoms with E-state index in [1.807, 2.05) is 28.8 Å². The molecular formula is C19H30N2O2S. The maximum atomic E-state index is 12.6. The first-order chi connectivity index (χ1) is 11.2. The monoisotopic (exact) mass is 350 g/mol. The van der Waals surface area contributed by atoms with Gasteiger partial charge in [-0.05, 0) is 36.6 Å². The zero-order valence-corrected chi connectivity index (χ0v) is 16.3. The first-order valence-electron chi connectivity index (χ1n) is 8.69. The van der Waals surface area contributed by atoms with Crippen LogP contribution in [-0.4, -0.2) is 41.5 Å². The van der Waals surface area contributed by atoms with Crippen LogP contribution in [0, 0.1) is 5.92 Å². The summed E-state index contributed by atoms with van der Waals surface area (Å²) in [5, 5.41) is 3.03. The molecule has 1 heterocycles. The number of nitrogens with one attached hydrogen (secondary N) is 1. The molecule has 0 saturated carbocycles. The van der Waals surface area contributed by atoms with Crippen molar-refractivity contribution in [2.45, 2.75) is 56.7 Å². The molecule has 1 fully saturated rings. The van der Waals surface area contributed by atoms with Crippen LogP contribution >= 0.6 is 11.8 Å². The highest BCUT2D eigenvalue weighted by Crippen LogP contribution is 2.32. The number of anilines is 1. The molecule has 0 bridgehead atoms. The van der Waals surface area contributed by atoms with Crippen LogP contribution < -0.4 is 5.32 Å². The fraction of sp³-hybridized carbons (Fsp3) is 0.632. The van der Waals surface area contributed by atoms with E-state index in [1.165, 1.54) is 4.90 Å². The largest absolute Gasteiger partial charge is 0.377 e. The van der Waals surface area contributed by atoms with Crippen molar-refractivity contribution < 1.29 is 9.53 Å². The molecule has 0 radical (unpaired) electrons. The van der Waals surface area contributed by atoms with E-state index >= 15 is 0 Å². The molecule has 1 N–H and O–H groups in total. The second-order valence-electron chi connectivity index (χ2n) is 7.72. The molecule has 2 amide bonds. The van der Waals surface area contributed by atoms with Gasteiger partial charge in [0, 0.05) is 21.9 Å². The normalized spacial score (nSPS) is 18.8. The lowest BCUT2D eigenvalue weighted by molar-refractivity contribution is 0.00857. The zero-order valence-electron chi connectivity index (χ0n) is 15.5. The molecule has 4 nitrogen and oxygen atoms in total. The number of amides is 2. The Morgan fingerprint density at radius 3 is 2.58 bits per heavy atom. The number of carbonyl (C=O) groups is 1. The quantitative estimate of drug-likeness (QED) is 0.789. The topological polar surface area (TPSA) is 41.6 Å². The van der Waals surface area contributed by atoms with Crippen molar-refractivity contribution >= 4 is 23.5 Å². The number of hydrogen-bond acceptors (Lipinski definition) is 3. The summed E-state index contributed by atoms with van der Waals surface area (Å²) in [5.41, 5.74) is 0.841. The van der Waals surface area contributed by atoms with Crippen molar-refractivity contribution in [2.75, 3.05) is 25.1 Å². The Hall–Kier alpha value is -1.20. The molecule has 1 aliphatic rings. The van der Waals surface area contributed by atoms with E-state index in [9.17, 15) is 4.79 Å². The van der Waals surface area contributed by atoms with Gasteiger partial charge < -0.3 is 15.0 Å². The Labute approximate surface area is 150 Å². The Balaban J connectivity index is 1.97. The summed E-state index contributed by atoms with van der Waals surface area (Å²) in [6.45, 7) is 12.8. The summed E-state index contributed by atoms with van der Waals surface area (Å²) in [7, 11) is 0. The highest BCUT2D eigenvalue weighted by Gasteiger charge is 2.27.